The molecule has 0 amide bonds. The fraction of sp³-hybridized carbons (Fsp3) is 0.286. The predicted octanol–water partition coefficient (Wildman–Crippen LogP) is 3.95. The summed E-state index contributed by atoms with van der Waals surface area (Å²) in [6, 6.07) is 15.5. The molecule has 0 radical (unpaired) electrons. The maximum atomic E-state index is 6.61. The van der Waals surface area contributed by atoms with Crippen molar-refractivity contribution >= 4 is 11.6 Å². The number of benzene rings is 2. The highest BCUT2D eigenvalue weighted by Gasteiger charge is 2.24. The van der Waals surface area contributed by atoms with Crippen molar-refractivity contribution in [2.24, 2.45) is 0 Å². The zero-order valence-electron chi connectivity index (χ0n) is 15.1. The molecule has 0 saturated carbocycles. The second-order valence-electron chi connectivity index (χ2n) is 6.84. The number of hydrogen-bond donors (Lipinski definition) is 1. The normalized spacial score (nSPS) is 20.0. The third-order valence-electron chi connectivity index (χ3n) is 4.65. The van der Waals surface area contributed by atoms with Crippen molar-refractivity contribution in [2.45, 2.75) is 12.2 Å². The lowest BCUT2D eigenvalue weighted by Gasteiger charge is -2.06. The van der Waals surface area contributed by atoms with Gasteiger partial charge < -0.3 is 18.9 Å². The van der Waals surface area contributed by atoms with Gasteiger partial charge in [-0.2, -0.15) is 5.10 Å². The average molecular weight is 399 g/mol. The molecular weight excluding hydrogens is 380 g/mol. The number of ether oxygens (including phenoxy) is 4. The van der Waals surface area contributed by atoms with Crippen LogP contribution in [0.1, 0.15) is 0 Å². The van der Waals surface area contributed by atoms with E-state index in [0.29, 0.717) is 23.9 Å². The van der Waals surface area contributed by atoms with Crippen LogP contribution in [0.25, 0.3) is 22.5 Å². The van der Waals surface area contributed by atoms with Gasteiger partial charge in [0, 0.05) is 11.1 Å². The first kappa shape index (κ1) is 17.6. The number of hydrogen-bond acceptors (Lipinski definition) is 5. The van der Waals surface area contributed by atoms with E-state index >= 15 is 0 Å². The number of H-pyrrole nitrogens is 1. The van der Waals surface area contributed by atoms with Gasteiger partial charge in [-0.1, -0.05) is 11.6 Å². The summed E-state index contributed by atoms with van der Waals surface area (Å²) >= 11 is 6.61. The van der Waals surface area contributed by atoms with Crippen molar-refractivity contribution in [3.63, 3.8) is 0 Å². The molecule has 2 aromatic carbocycles. The average Bonchev–Trinajstić information content (AvgIpc) is 3.65. The topological polar surface area (TPSA) is 72.2 Å². The number of epoxide rings is 2. The van der Waals surface area contributed by atoms with Gasteiger partial charge in [-0.15, -0.1) is 0 Å². The molecule has 0 bridgehead atoms. The summed E-state index contributed by atoms with van der Waals surface area (Å²) in [6.07, 6.45) is 0.477. The van der Waals surface area contributed by atoms with Crippen LogP contribution in [0.2, 0.25) is 5.02 Å². The molecule has 6 nitrogen and oxygen atoms in total. The number of nitrogens with one attached hydrogen (secondary N) is 1. The maximum Gasteiger partial charge on any atom is 0.119 e. The summed E-state index contributed by atoms with van der Waals surface area (Å²) in [5.74, 6) is 1.61. The minimum absolute atomic E-state index is 0.238. The monoisotopic (exact) mass is 398 g/mol. The van der Waals surface area contributed by atoms with E-state index in [1.807, 2.05) is 48.5 Å². The molecule has 1 aromatic heterocycles. The van der Waals surface area contributed by atoms with E-state index in [4.69, 9.17) is 30.5 Å². The number of nitrogens with zero attached hydrogens (tertiary/aromatic N) is 1. The van der Waals surface area contributed by atoms with Crippen LogP contribution in [0.5, 0.6) is 11.5 Å². The summed E-state index contributed by atoms with van der Waals surface area (Å²) in [4.78, 5) is 0. The summed E-state index contributed by atoms with van der Waals surface area (Å²) in [7, 11) is 0. The first-order valence-electron chi connectivity index (χ1n) is 9.20. The molecule has 2 saturated heterocycles. The summed E-state index contributed by atoms with van der Waals surface area (Å²) < 4.78 is 21.6. The molecule has 5 rings (SSSR count). The smallest absolute Gasteiger partial charge is 0.119 e. The van der Waals surface area contributed by atoms with Gasteiger partial charge in [0.1, 0.15) is 42.6 Å². The van der Waals surface area contributed by atoms with E-state index < -0.39 is 0 Å². The molecule has 0 spiro atoms. The van der Waals surface area contributed by atoms with Crippen molar-refractivity contribution in [1.82, 2.24) is 10.2 Å². The zero-order valence-corrected chi connectivity index (χ0v) is 15.8. The van der Waals surface area contributed by atoms with Gasteiger partial charge in [0.25, 0.3) is 0 Å². The quantitative estimate of drug-likeness (QED) is 0.581. The minimum atomic E-state index is 0.238. The van der Waals surface area contributed by atoms with Gasteiger partial charge in [0.05, 0.1) is 23.9 Å². The van der Waals surface area contributed by atoms with Crippen molar-refractivity contribution in [2.75, 3.05) is 26.4 Å². The number of rotatable bonds is 8. The Morgan fingerprint density at radius 2 is 1.36 bits per heavy atom. The van der Waals surface area contributed by atoms with Gasteiger partial charge >= 0.3 is 0 Å². The van der Waals surface area contributed by atoms with E-state index in [1.54, 1.807) is 0 Å². The van der Waals surface area contributed by atoms with Gasteiger partial charge in [0.2, 0.25) is 0 Å². The molecule has 7 heteroatoms. The van der Waals surface area contributed by atoms with E-state index in [-0.39, 0.29) is 12.2 Å². The third kappa shape index (κ3) is 3.99. The Bertz CT molecular complexity index is 871. The Labute approximate surface area is 167 Å². The van der Waals surface area contributed by atoms with Gasteiger partial charge in [-0.3, -0.25) is 5.10 Å². The van der Waals surface area contributed by atoms with Crippen LogP contribution < -0.4 is 9.47 Å². The number of aromatic nitrogens is 2. The van der Waals surface area contributed by atoms with Crippen molar-refractivity contribution in [3.05, 3.63) is 53.6 Å². The molecule has 2 unspecified atom stereocenters. The van der Waals surface area contributed by atoms with E-state index in [1.165, 1.54) is 0 Å². The molecule has 2 aliphatic heterocycles. The van der Waals surface area contributed by atoms with Gasteiger partial charge in [-0.25, -0.2) is 0 Å². The van der Waals surface area contributed by atoms with Gasteiger partial charge in [-0.05, 0) is 48.5 Å². The Balaban J connectivity index is 1.29. The maximum absolute atomic E-state index is 6.61. The number of aromatic amines is 1. The van der Waals surface area contributed by atoms with Crippen LogP contribution in [-0.4, -0.2) is 48.8 Å². The molecule has 3 heterocycles. The summed E-state index contributed by atoms with van der Waals surface area (Å²) in [6.45, 7) is 2.74. The lowest BCUT2D eigenvalue weighted by atomic mass is 10.1. The lowest BCUT2D eigenvalue weighted by Crippen LogP contribution is -2.03. The van der Waals surface area contributed by atoms with Crippen LogP contribution in [-0.2, 0) is 9.47 Å². The second-order valence-corrected chi connectivity index (χ2v) is 7.22. The SMILES string of the molecule is Clc1c(-c2ccc(OCC3CO3)cc2)n[nH]c1-c1ccc(OCC2CO2)cc1. The Kier molecular flexibility index (Phi) is 4.68. The molecule has 2 aliphatic rings. The molecule has 3 aromatic rings. The van der Waals surface area contributed by atoms with Crippen molar-refractivity contribution in [1.29, 1.82) is 0 Å². The molecule has 2 atom stereocenters. The van der Waals surface area contributed by atoms with E-state index in [0.717, 1.165) is 41.5 Å². The Morgan fingerprint density at radius 3 is 1.86 bits per heavy atom. The van der Waals surface area contributed by atoms with E-state index in [9.17, 15) is 0 Å². The van der Waals surface area contributed by atoms with Crippen LogP contribution in [0.3, 0.4) is 0 Å². The van der Waals surface area contributed by atoms with Crippen LogP contribution in [0, 0.1) is 0 Å². The fourth-order valence-corrected chi connectivity index (χ4v) is 3.15. The first-order valence-corrected chi connectivity index (χ1v) is 9.57. The third-order valence-corrected chi connectivity index (χ3v) is 5.02. The van der Waals surface area contributed by atoms with Gasteiger partial charge in [0.15, 0.2) is 0 Å². The van der Waals surface area contributed by atoms with Crippen LogP contribution in [0.4, 0.5) is 0 Å². The highest BCUT2D eigenvalue weighted by Crippen LogP contribution is 2.35. The Morgan fingerprint density at radius 1 is 0.857 bits per heavy atom. The largest absolute Gasteiger partial charge is 0.491 e. The Hall–Kier alpha value is -2.54. The predicted molar refractivity (Wildman–Crippen MR) is 105 cm³/mol. The highest BCUT2D eigenvalue weighted by atomic mass is 35.5. The standard InChI is InChI=1S/C21H19ClN2O4/c22-19-20(13-1-5-15(6-2-13)25-9-17-11-27-17)23-24-21(19)14-3-7-16(8-4-14)26-10-18-12-28-18/h1-8,17-18H,9-12H2,(H,23,24). The second kappa shape index (κ2) is 7.47. The molecule has 28 heavy (non-hydrogen) atoms. The first-order chi connectivity index (χ1) is 13.8. The molecule has 2 fully saturated rings. The highest BCUT2D eigenvalue weighted by molar-refractivity contribution is 6.35. The molecule has 0 aliphatic carbocycles. The summed E-state index contributed by atoms with van der Waals surface area (Å²) in [5, 5.41) is 8.03. The van der Waals surface area contributed by atoms with Crippen LogP contribution >= 0.6 is 11.6 Å². The molecular formula is C21H19ClN2O4. The van der Waals surface area contributed by atoms with Crippen LogP contribution in [0.15, 0.2) is 48.5 Å². The zero-order chi connectivity index (χ0) is 18.9. The molecule has 144 valence electrons. The van der Waals surface area contributed by atoms with Crippen molar-refractivity contribution in [3.8, 4) is 34.0 Å². The fourth-order valence-electron chi connectivity index (χ4n) is 2.84. The molecule has 1 N–H and O–H groups in total. The lowest BCUT2D eigenvalue weighted by molar-refractivity contribution is 0.263. The summed E-state index contributed by atoms with van der Waals surface area (Å²) in [5.41, 5.74) is 3.36. The van der Waals surface area contributed by atoms with E-state index in [2.05, 4.69) is 10.2 Å². The number of halogens is 1. The van der Waals surface area contributed by atoms with Crippen molar-refractivity contribution < 1.29 is 18.9 Å². The minimum Gasteiger partial charge on any atom is -0.491 e.